The molecule has 2 rings (SSSR count). The van der Waals surface area contributed by atoms with Crippen LogP contribution in [0.4, 0.5) is 5.69 Å². The lowest BCUT2D eigenvalue weighted by Crippen LogP contribution is -2.47. The zero-order valence-electron chi connectivity index (χ0n) is 10.9. The van der Waals surface area contributed by atoms with Crippen molar-refractivity contribution in [2.75, 3.05) is 13.1 Å². The lowest BCUT2D eigenvalue weighted by atomic mass is 10.0. The van der Waals surface area contributed by atoms with Crippen LogP contribution >= 0.6 is 15.9 Å². The van der Waals surface area contributed by atoms with Gasteiger partial charge in [-0.25, -0.2) is 0 Å². The van der Waals surface area contributed by atoms with E-state index in [0.29, 0.717) is 23.1 Å². The number of amides is 1. The first kappa shape index (κ1) is 14.9. The SMILES string of the molecule is NCC1CCCCN1C(=O)c1ccc([N+](=O)[O-])cc1Br. The van der Waals surface area contributed by atoms with E-state index in [2.05, 4.69) is 15.9 Å². The number of likely N-dealkylation sites (tertiary alicyclic amines) is 1. The van der Waals surface area contributed by atoms with Gasteiger partial charge in [0, 0.05) is 35.7 Å². The van der Waals surface area contributed by atoms with Gasteiger partial charge in [-0.1, -0.05) is 0 Å². The summed E-state index contributed by atoms with van der Waals surface area (Å²) in [6.45, 7) is 1.13. The molecule has 20 heavy (non-hydrogen) atoms. The Labute approximate surface area is 125 Å². The molecule has 1 amide bonds. The fourth-order valence-electron chi connectivity index (χ4n) is 2.46. The number of carbonyl (C=O) groups excluding carboxylic acids is 1. The molecule has 1 unspecified atom stereocenters. The number of halogens is 1. The van der Waals surface area contributed by atoms with E-state index in [-0.39, 0.29) is 17.6 Å². The van der Waals surface area contributed by atoms with Crippen LogP contribution in [-0.4, -0.2) is 34.9 Å². The van der Waals surface area contributed by atoms with Crippen molar-refractivity contribution < 1.29 is 9.72 Å². The van der Waals surface area contributed by atoms with Gasteiger partial charge in [-0.3, -0.25) is 14.9 Å². The van der Waals surface area contributed by atoms with Gasteiger partial charge in [0.2, 0.25) is 0 Å². The molecule has 2 N–H and O–H groups in total. The average Bonchev–Trinajstić information content (AvgIpc) is 2.46. The zero-order chi connectivity index (χ0) is 14.7. The second-order valence-corrected chi connectivity index (χ2v) is 5.66. The van der Waals surface area contributed by atoms with Crippen molar-refractivity contribution in [3.05, 3.63) is 38.3 Å². The molecule has 1 aromatic rings. The van der Waals surface area contributed by atoms with Gasteiger partial charge < -0.3 is 10.6 Å². The van der Waals surface area contributed by atoms with E-state index in [1.54, 1.807) is 4.90 Å². The van der Waals surface area contributed by atoms with Gasteiger partial charge in [-0.15, -0.1) is 0 Å². The first-order valence-electron chi connectivity index (χ1n) is 6.49. The Hall–Kier alpha value is -1.47. The molecule has 1 saturated heterocycles. The minimum absolute atomic E-state index is 0.0394. The van der Waals surface area contributed by atoms with Crippen molar-refractivity contribution in [3.63, 3.8) is 0 Å². The molecule has 1 aromatic carbocycles. The van der Waals surface area contributed by atoms with Gasteiger partial charge in [-0.2, -0.15) is 0 Å². The van der Waals surface area contributed by atoms with Crippen LogP contribution in [0.5, 0.6) is 0 Å². The van der Waals surface area contributed by atoms with Crippen LogP contribution in [0.3, 0.4) is 0 Å². The summed E-state index contributed by atoms with van der Waals surface area (Å²) in [5.74, 6) is -0.123. The minimum Gasteiger partial charge on any atom is -0.334 e. The molecule has 0 aliphatic carbocycles. The van der Waals surface area contributed by atoms with E-state index in [4.69, 9.17) is 5.73 Å². The second-order valence-electron chi connectivity index (χ2n) is 4.81. The predicted octanol–water partition coefficient (Wildman–Crippen LogP) is 2.31. The molecule has 1 heterocycles. The molecule has 0 spiro atoms. The number of benzene rings is 1. The molecule has 0 radical (unpaired) electrons. The second kappa shape index (κ2) is 6.32. The number of nitrogens with two attached hydrogens (primary N) is 1. The normalized spacial score (nSPS) is 18.9. The summed E-state index contributed by atoms with van der Waals surface area (Å²) >= 11 is 3.24. The van der Waals surface area contributed by atoms with Gasteiger partial charge in [0.25, 0.3) is 11.6 Å². The molecule has 1 aliphatic rings. The number of hydrogen-bond acceptors (Lipinski definition) is 4. The number of rotatable bonds is 3. The quantitative estimate of drug-likeness (QED) is 0.674. The highest BCUT2D eigenvalue weighted by molar-refractivity contribution is 9.10. The minimum atomic E-state index is -0.484. The molecule has 108 valence electrons. The Morgan fingerprint density at radius 1 is 1.50 bits per heavy atom. The van der Waals surface area contributed by atoms with Crippen LogP contribution in [0.1, 0.15) is 29.6 Å². The Bertz CT molecular complexity index is 536. The summed E-state index contributed by atoms with van der Waals surface area (Å²) in [7, 11) is 0. The summed E-state index contributed by atoms with van der Waals surface area (Å²) in [4.78, 5) is 24.5. The summed E-state index contributed by atoms with van der Waals surface area (Å²) in [5.41, 5.74) is 6.12. The van der Waals surface area contributed by atoms with E-state index >= 15 is 0 Å². The summed E-state index contributed by atoms with van der Waals surface area (Å²) in [6, 6.07) is 4.25. The van der Waals surface area contributed by atoms with Crippen LogP contribution in [0, 0.1) is 10.1 Å². The highest BCUT2D eigenvalue weighted by atomic mass is 79.9. The molecular formula is C13H16BrN3O3. The first-order valence-corrected chi connectivity index (χ1v) is 7.29. The van der Waals surface area contributed by atoms with Crippen molar-refractivity contribution in [1.29, 1.82) is 0 Å². The van der Waals surface area contributed by atoms with Crippen molar-refractivity contribution in [3.8, 4) is 0 Å². The van der Waals surface area contributed by atoms with E-state index in [1.165, 1.54) is 18.2 Å². The highest BCUT2D eigenvalue weighted by Crippen LogP contribution is 2.26. The number of nitro benzene ring substituents is 1. The maximum absolute atomic E-state index is 12.5. The molecule has 1 atom stereocenters. The van der Waals surface area contributed by atoms with Crippen LogP contribution < -0.4 is 5.73 Å². The number of piperidine rings is 1. The number of non-ortho nitro benzene ring substituents is 1. The molecule has 1 aliphatic heterocycles. The maximum Gasteiger partial charge on any atom is 0.270 e. The summed E-state index contributed by atoms with van der Waals surface area (Å²) in [6.07, 6.45) is 2.95. The van der Waals surface area contributed by atoms with Gasteiger partial charge >= 0.3 is 0 Å². The standard InChI is InChI=1S/C13H16BrN3O3/c14-12-7-9(17(19)20)4-5-11(12)13(18)16-6-2-1-3-10(16)8-15/h4-5,7,10H,1-3,6,8,15H2. The number of nitro groups is 1. The lowest BCUT2D eigenvalue weighted by Gasteiger charge is -2.35. The van der Waals surface area contributed by atoms with Gasteiger partial charge in [0.1, 0.15) is 0 Å². The third-order valence-electron chi connectivity index (χ3n) is 3.55. The Morgan fingerprint density at radius 3 is 2.85 bits per heavy atom. The van der Waals surface area contributed by atoms with Crippen molar-refractivity contribution in [2.45, 2.75) is 25.3 Å². The molecule has 0 aromatic heterocycles. The molecule has 0 bridgehead atoms. The molecule has 1 fully saturated rings. The Morgan fingerprint density at radius 2 is 2.25 bits per heavy atom. The maximum atomic E-state index is 12.5. The van der Waals surface area contributed by atoms with Crippen LogP contribution in [0.25, 0.3) is 0 Å². The monoisotopic (exact) mass is 341 g/mol. The van der Waals surface area contributed by atoms with Crippen LogP contribution in [-0.2, 0) is 0 Å². The lowest BCUT2D eigenvalue weighted by molar-refractivity contribution is -0.384. The van der Waals surface area contributed by atoms with E-state index in [0.717, 1.165) is 19.3 Å². The van der Waals surface area contributed by atoms with Crippen molar-refractivity contribution in [1.82, 2.24) is 4.90 Å². The zero-order valence-corrected chi connectivity index (χ0v) is 12.5. The Kier molecular flexibility index (Phi) is 4.72. The predicted molar refractivity (Wildman–Crippen MR) is 78.5 cm³/mol. The molecular weight excluding hydrogens is 326 g/mol. The van der Waals surface area contributed by atoms with E-state index in [1.807, 2.05) is 0 Å². The third-order valence-corrected chi connectivity index (χ3v) is 4.21. The molecule has 6 nitrogen and oxygen atoms in total. The summed E-state index contributed by atoms with van der Waals surface area (Å²) < 4.78 is 0.443. The molecule has 0 saturated carbocycles. The van der Waals surface area contributed by atoms with Gasteiger partial charge in [0.15, 0.2) is 0 Å². The van der Waals surface area contributed by atoms with Crippen LogP contribution in [0.15, 0.2) is 22.7 Å². The van der Waals surface area contributed by atoms with Gasteiger partial charge in [0.05, 0.1) is 10.5 Å². The summed E-state index contributed by atoms with van der Waals surface area (Å²) in [5, 5.41) is 10.7. The van der Waals surface area contributed by atoms with Crippen LogP contribution in [0.2, 0.25) is 0 Å². The first-order chi connectivity index (χ1) is 9.54. The van der Waals surface area contributed by atoms with E-state index in [9.17, 15) is 14.9 Å². The molecule has 7 heteroatoms. The fourth-order valence-corrected chi connectivity index (χ4v) is 3.00. The third kappa shape index (κ3) is 2.99. The van der Waals surface area contributed by atoms with Gasteiger partial charge in [-0.05, 0) is 41.3 Å². The topological polar surface area (TPSA) is 89.5 Å². The number of hydrogen-bond donors (Lipinski definition) is 1. The largest absolute Gasteiger partial charge is 0.334 e. The average molecular weight is 342 g/mol. The number of carbonyl (C=O) groups is 1. The highest BCUT2D eigenvalue weighted by Gasteiger charge is 2.28. The van der Waals surface area contributed by atoms with E-state index < -0.39 is 4.92 Å². The van der Waals surface area contributed by atoms with Crippen molar-refractivity contribution in [2.24, 2.45) is 5.73 Å². The number of nitrogens with zero attached hydrogens (tertiary/aromatic N) is 2. The fraction of sp³-hybridized carbons (Fsp3) is 0.462. The van der Waals surface area contributed by atoms with Crippen molar-refractivity contribution >= 4 is 27.5 Å². The smallest absolute Gasteiger partial charge is 0.270 e. The Balaban J connectivity index is 2.26.